The van der Waals surface area contributed by atoms with E-state index in [9.17, 15) is 0 Å². The van der Waals surface area contributed by atoms with Gasteiger partial charge >= 0.3 is 0 Å². The quantitative estimate of drug-likeness (QED) is 0.493. The van der Waals surface area contributed by atoms with Crippen LogP contribution in [0.2, 0.25) is 0 Å². The van der Waals surface area contributed by atoms with Crippen molar-refractivity contribution >= 4 is 0 Å². The highest BCUT2D eigenvalue weighted by Gasteiger charge is 2.16. The number of rotatable bonds is 1. The molecular weight excluding hydrogens is 122 g/mol. The van der Waals surface area contributed by atoms with Crippen LogP contribution in [-0.4, -0.2) is 24.5 Å². The Morgan fingerprint density at radius 1 is 1.60 bits per heavy atom. The zero-order valence-corrected chi connectivity index (χ0v) is 6.85. The molecule has 0 amide bonds. The van der Waals surface area contributed by atoms with Gasteiger partial charge in [0.05, 0.1) is 6.54 Å². The van der Waals surface area contributed by atoms with E-state index in [1.807, 2.05) is 6.92 Å². The third-order valence-electron chi connectivity index (χ3n) is 1.99. The average molecular weight is 137 g/mol. The molecule has 1 fully saturated rings. The lowest BCUT2D eigenvalue weighted by Gasteiger charge is -2.09. The summed E-state index contributed by atoms with van der Waals surface area (Å²) in [5, 5.41) is 0. The number of hydrogen-bond donors (Lipinski definition) is 0. The van der Waals surface area contributed by atoms with Crippen molar-refractivity contribution in [2.24, 2.45) is 5.92 Å². The number of hydrogen-bond acceptors (Lipinski definition) is 1. The Bertz CT molecular complexity index is 152. The molecule has 1 aliphatic rings. The molecule has 0 spiro atoms. The van der Waals surface area contributed by atoms with E-state index in [0.29, 0.717) is 0 Å². The molecule has 1 heteroatoms. The first-order valence-corrected chi connectivity index (χ1v) is 3.95. The van der Waals surface area contributed by atoms with Gasteiger partial charge < -0.3 is 0 Å². The molecule has 1 aliphatic heterocycles. The molecule has 0 aliphatic carbocycles. The van der Waals surface area contributed by atoms with Gasteiger partial charge in [0.1, 0.15) is 0 Å². The summed E-state index contributed by atoms with van der Waals surface area (Å²) in [6.45, 7) is 7.67. The third-order valence-corrected chi connectivity index (χ3v) is 1.99. The van der Waals surface area contributed by atoms with E-state index in [4.69, 9.17) is 0 Å². The fourth-order valence-corrected chi connectivity index (χ4v) is 1.36. The molecule has 56 valence electrons. The predicted octanol–water partition coefficient (Wildman–Crippen LogP) is 1.35. The first kappa shape index (κ1) is 7.63. The Labute approximate surface area is 63.4 Å². The highest BCUT2D eigenvalue weighted by atomic mass is 15.1. The smallest absolute Gasteiger partial charge is 0.0601 e. The molecule has 0 aromatic carbocycles. The van der Waals surface area contributed by atoms with Crippen LogP contribution in [0.25, 0.3) is 0 Å². The SMILES string of the molecule is CC#CCN1CC[C@H](C)C1. The normalized spacial score (nSPS) is 26.0. The minimum atomic E-state index is 0.888. The van der Waals surface area contributed by atoms with Gasteiger partial charge in [0.25, 0.3) is 0 Å². The molecular formula is C9H15N. The third kappa shape index (κ3) is 2.04. The second-order valence-electron chi connectivity index (χ2n) is 3.06. The van der Waals surface area contributed by atoms with Crippen molar-refractivity contribution in [1.29, 1.82) is 0 Å². The van der Waals surface area contributed by atoms with Gasteiger partial charge in [-0.25, -0.2) is 0 Å². The van der Waals surface area contributed by atoms with Crippen LogP contribution in [0.15, 0.2) is 0 Å². The van der Waals surface area contributed by atoms with E-state index in [-0.39, 0.29) is 0 Å². The Morgan fingerprint density at radius 3 is 2.90 bits per heavy atom. The molecule has 0 saturated carbocycles. The average Bonchev–Trinajstić information content (AvgIpc) is 2.31. The monoisotopic (exact) mass is 137 g/mol. The minimum Gasteiger partial charge on any atom is -0.292 e. The molecule has 0 radical (unpaired) electrons. The second kappa shape index (κ2) is 3.63. The van der Waals surface area contributed by atoms with Crippen molar-refractivity contribution in [3.8, 4) is 11.8 Å². The maximum atomic E-state index is 3.09. The van der Waals surface area contributed by atoms with Crippen LogP contribution in [0.5, 0.6) is 0 Å². The van der Waals surface area contributed by atoms with E-state index in [1.54, 1.807) is 0 Å². The van der Waals surface area contributed by atoms with E-state index in [1.165, 1.54) is 19.5 Å². The Kier molecular flexibility index (Phi) is 2.77. The van der Waals surface area contributed by atoms with Crippen LogP contribution in [-0.2, 0) is 0 Å². The maximum Gasteiger partial charge on any atom is 0.0601 e. The summed E-state index contributed by atoms with van der Waals surface area (Å²) >= 11 is 0. The van der Waals surface area contributed by atoms with Crippen LogP contribution >= 0.6 is 0 Å². The standard InChI is InChI=1S/C9H15N/c1-3-4-6-10-7-5-9(2)8-10/h9H,5-8H2,1-2H3/t9-/m0/s1. The minimum absolute atomic E-state index is 0.888. The summed E-state index contributed by atoms with van der Waals surface area (Å²) in [4.78, 5) is 2.42. The van der Waals surface area contributed by atoms with E-state index in [2.05, 4.69) is 23.7 Å². The van der Waals surface area contributed by atoms with Crippen molar-refractivity contribution in [1.82, 2.24) is 4.90 Å². The molecule has 1 atom stereocenters. The molecule has 1 rings (SSSR count). The summed E-state index contributed by atoms with van der Waals surface area (Å²) in [6, 6.07) is 0. The molecule has 10 heavy (non-hydrogen) atoms. The van der Waals surface area contributed by atoms with E-state index >= 15 is 0 Å². The first-order chi connectivity index (χ1) is 4.83. The fourth-order valence-electron chi connectivity index (χ4n) is 1.36. The fraction of sp³-hybridized carbons (Fsp3) is 0.778. The van der Waals surface area contributed by atoms with Crippen molar-refractivity contribution in [3.05, 3.63) is 0 Å². The summed E-state index contributed by atoms with van der Waals surface area (Å²) in [5.74, 6) is 6.89. The summed E-state index contributed by atoms with van der Waals surface area (Å²) < 4.78 is 0. The summed E-state index contributed by atoms with van der Waals surface area (Å²) in [7, 11) is 0. The van der Waals surface area contributed by atoms with Crippen LogP contribution in [0.1, 0.15) is 20.3 Å². The lowest BCUT2D eigenvalue weighted by molar-refractivity contribution is 0.369. The highest BCUT2D eigenvalue weighted by molar-refractivity contribution is 4.98. The molecule has 0 bridgehead atoms. The van der Waals surface area contributed by atoms with Crippen LogP contribution < -0.4 is 0 Å². The molecule has 1 nitrogen and oxygen atoms in total. The second-order valence-corrected chi connectivity index (χ2v) is 3.06. The Hall–Kier alpha value is -0.480. The summed E-state index contributed by atoms with van der Waals surface area (Å²) in [6.07, 6.45) is 1.35. The van der Waals surface area contributed by atoms with Gasteiger partial charge in [-0.1, -0.05) is 12.8 Å². The van der Waals surface area contributed by atoms with Crippen molar-refractivity contribution in [2.75, 3.05) is 19.6 Å². The van der Waals surface area contributed by atoms with Gasteiger partial charge in [0.15, 0.2) is 0 Å². The maximum absolute atomic E-state index is 3.09. The van der Waals surface area contributed by atoms with Gasteiger partial charge in [0, 0.05) is 6.54 Å². The lowest BCUT2D eigenvalue weighted by Crippen LogP contribution is -2.20. The van der Waals surface area contributed by atoms with Crippen LogP contribution in [0.3, 0.4) is 0 Å². The van der Waals surface area contributed by atoms with Crippen molar-refractivity contribution in [3.63, 3.8) is 0 Å². The van der Waals surface area contributed by atoms with Gasteiger partial charge in [-0.05, 0) is 25.8 Å². The molecule has 0 aromatic rings. The van der Waals surface area contributed by atoms with Crippen molar-refractivity contribution < 1.29 is 0 Å². The zero-order valence-electron chi connectivity index (χ0n) is 6.85. The topological polar surface area (TPSA) is 3.24 Å². The Balaban J connectivity index is 2.22. The predicted molar refractivity (Wildman–Crippen MR) is 43.7 cm³/mol. The van der Waals surface area contributed by atoms with E-state index < -0.39 is 0 Å². The van der Waals surface area contributed by atoms with Gasteiger partial charge in [-0.2, -0.15) is 0 Å². The number of likely N-dealkylation sites (tertiary alicyclic amines) is 1. The van der Waals surface area contributed by atoms with Gasteiger partial charge in [-0.15, -0.1) is 5.92 Å². The molecule has 0 aromatic heterocycles. The lowest BCUT2D eigenvalue weighted by atomic mass is 10.2. The van der Waals surface area contributed by atoms with Gasteiger partial charge in [-0.3, -0.25) is 4.90 Å². The molecule has 0 unspecified atom stereocenters. The largest absolute Gasteiger partial charge is 0.292 e. The Morgan fingerprint density at radius 2 is 2.40 bits per heavy atom. The summed E-state index contributed by atoms with van der Waals surface area (Å²) in [5.41, 5.74) is 0. The van der Waals surface area contributed by atoms with Crippen molar-refractivity contribution in [2.45, 2.75) is 20.3 Å². The molecule has 1 saturated heterocycles. The number of nitrogens with zero attached hydrogens (tertiary/aromatic N) is 1. The molecule has 1 heterocycles. The van der Waals surface area contributed by atoms with Gasteiger partial charge in [0.2, 0.25) is 0 Å². The first-order valence-electron chi connectivity index (χ1n) is 3.95. The van der Waals surface area contributed by atoms with Crippen LogP contribution in [0, 0.1) is 17.8 Å². The highest BCUT2D eigenvalue weighted by Crippen LogP contribution is 2.13. The van der Waals surface area contributed by atoms with Crippen LogP contribution in [0.4, 0.5) is 0 Å². The van der Waals surface area contributed by atoms with E-state index in [0.717, 1.165) is 12.5 Å². The molecule has 0 N–H and O–H groups in total. The zero-order chi connectivity index (χ0) is 7.40.